The highest BCUT2D eigenvalue weighted by Gasteiger charge is 2.14. The molecule has 2 rings (SSSR count). The van der Waals surface area contributed by atoms with Crippen LogP contribution in [0.3, 0.4) is 0 Å². The predicted octanol–water partition coefficient (Wildman–Crippen LogP) is 4.18. The van der Waals surface area contributed by atoms with E-state index in [1.54, 1.807) is 31.2 Å². The van der Waals surface area contributed by atoms with Crippen molar-refractivity contribution >= 4 is 11.7 Å². The first kappa shape index (κ1) is 15.0. The summed E-state index contributed by atoms with van der Waals surface area (Å²) in [6, 6.07) is 13.4. The highest BCUT2D eigenvalue weighted by atomic mass is 19.1. The Balaban J connectivity index is 2.19. The summed E-state index contributed by atoms with van der Waals surface area (Å²) in [5.41, 5.74) is 2.14. The van der Waals surface area contributed by atoms with Crippen molar-refractivity contribution in [2.24, 2.45) is 0 Å². The lowest BCUT2D eigenvalue weighted by Crippen LogP contribution is -2.12. The van der Waals surface area contributed by atoms with Crippen LogP contribution in [0.2, 0.25) is 0 Å². The van der Waals surface area contributed by atoms with E-state index < -0.39 is 0 Å². The average molecular weight is 287 g/mol. The van der Waals surface area contributed by atoms with E-state index in [1.165, 1.54) is 12.1 Å². The number of benzene rings is 2. The number of hydrogen-bond donors (Lipinski definition) is 1. The number of ether oxygens (including phenoxy) is 1. The smallest absolute Gasteiger partial charge is 0.340 e. The second-order valence-corrected chi connectivity index (χ2v) is 4.68. The van der Waals surface area contributed by atoms with Gasteiger partial charge in [-0.05, 0) is 43.7 Å². The lowest BCUT2D eigenvalue weighted by atomic mass is 10.1. The van der Waals surface area contributed by atoms with Crippen LogP contribution in [-0.2, 0) is 4.74 Å². The van der Waals surface area contributed by atoms with Gasteiger partial charge in [-0.25, -0.2) is 9.18 Å². The molecular formula is C17H18FNO2. The van der Waals surface area contributed by atoms with Crippen LogP contribution in [0.25, 0.3) is 0 Å². The number of para-hydroxylation sites is 1. The van der Waals surface area contributed by atoms with Crippen molar-refractivity contribution in [3.05, 3.63) is 65.5 Å². The minimum Gasteiger partial charge on any atom is -0.462 e. The van der Waals surface area contributed by atoms with Gasteiger partial charge in [-0.3, -0.25) is 0 Å². The molecule has 0 radical (unpaired) electrons. The van der Waals surface area contributed by atoms with E-state index in [0.29, 0.717) is 17.9 Å². The minimum atomic E-state index is -0.355. The van der Waals surface area contributed by atoms with Crippen molar-refractivity contribution in [3.8, 4) is 0 Å². The average Bonchev–Trinajstić information content (AvgIpc) is 2.48. The molecular weight excluding hydrogens is 269 g/mol. The van der Waals surface area contributed by atoms with Gasteiger partial charge in [0.1, 0.15) is 5.82 Å². The third-order valence-electron chi connectivity index (χ3n) is 3.16. The summed E-state index contributed by atoms with van der Waals surface area (Å²) in [5.74, 6) is -0.621. The molecule has 0 aliphatic carbocycles. The molecule has 3 nitrogen and oxygen atoms in total. The third kappa shape index (κ3) is 3.81. The number of carbonyl (C=O) groups is 1. The van der Waals surface area contributed by atoms with E-state index in [4.69, 9.17) is 4.74 Å². The molecule has 0 aromatic heterocycles. The molecule has 0 fully saturated rings. The second kappa shape index (κ2) is 6.88. The number of nitrogens with one attached hydrogen (secondary N) is 1. The van der Waals surface area contributed by atoms with Gasteiger partial charge >= 0.3 is 5.97 Å². The van der Waals surface area contributed by atoms with Crippen molar-refractivity contribution < 1.29 is 13.9 Å². The molecule has 1 unspecified atom stereocenters. The number of hydrogen-bond acceptors (Lipinski definition) is 3. The van der Waals surface area contributed by atoms with Crippen LogP contribution in [0.15, 0.2) is 48.5 Å². The first-order chi connectivity index (χ1) is 10.1. The Kier molecular flexibility index (Phi) is 4.93. The molecule has 2 aromatic carbocycles. The molecule has 0 aliphatic rings. The van der Waals surface area contributed by atoms with E-state index in [9.17, 15) is 9.18 Å². The summed E-state index contributed by atoms with van der Waals surface area (Å²) < 4.78 is 18.0. The zero-order valence-corrected chi connectivity index (χ0v) is 12.1. The Morgan fingerprint density at radius 1 is 1.19 bits per heavy atom. The Morgan fingerprint density at radius 3 is 2.52 bits per heavy atom. The first-order valence-corrected chi connectivity index (χ1v) is 6.90. The molecule has 0 heterocycles. The largest absolute Gasteiger partial charge is 0.462 e. The van der Waals surface area contributed by atoms with Crippen LogP contribution in [0.5, 0.6) is 0 Å². The maximum atomic E-state index is 13.0. The topological polar surface area (TPSA) is 38.3 Å². The summed E-state index contributed by atoms with van der Waals surface area (Å²) in [6.07, 6.45) is 0. The fourth-order valence-electron chi connectivity index (χ4n) is 2.06. The summed E-state index contributed by atoms with van der Waals surface area (Å²) in [4.78, 5) is 11.9. The molecule has 0 saturated heterocycles. The lowest BCUT2D eigenvalue weighted by molar-refractivity contribution is 0.0527. The molecule has 0 spiro atoms. The standard InChI is InChI=1S/C17H18FNO2/c1-3-21-17(20)15-6-4-5-7-16(15)19-12(2)13-8-10-14(18)11-9-13/h4-12,19H,3H2,1-2H3. The molecule has 1 atom stereocenters. The number of carbonyl (C=O) groups excluding carboxylic acids is 1. The van der Waals surface area contributed by atoms with E-state index in [1.807, 2.05) is 19.1 Å². The first-order valence-electron chi connectivity index (χ1n) is 6.90. The number of esters is 1. The molecule has 0 bridgehead atoms. The van der Waals surface area contributed by atoms with Crippen LogP contribution in [0.1, 0.15) is 35.8 Å². The molecule has 0 saturated carbocycles. The fourth-order valence-corrected chi connectivity index (χ4v) is 2.06. The van der Waals surface area contributed by atoms with Crippen LogP contribution in [0, 0.1) is 5.82 Å². The quantitative estimate of drug-likeness (QED) is 0.839. The predicted molar refractivity (Wildman–Crippen MR) is 80.8 cm³/mol. The van der Waals surface area contributed by atoms with Crippen molar-refractivity contribution in [3.63, 3.8) is 0 Å². The van der Waals surface area contributed by atoms with Gasteiger partial charge in [0.15, 0.2) is 0 Å². The van der Waals surface area contributed by atoms with Crippen molar-refractivity contribution in [1.82, 2.24) is 0 Å². The van der Waals surface area contributed by atoms with Crippen molar-refractivity contribution in [2.45, 2.75) is 19.9 Å². The van der Waals surface area contributed by atoms with Crippen LogP contribution >= 0.6 is 0 Å². The SMILES string of the molecule is CCOC(=O)c1ccccc1NC(C)c1ccc(F)cc1. The summed E-state index contributed by atoms with van der Waals surface area (Å²) in [6.45, 7) is 4.06. The number of halogens is 1. The molecule has 0 aliphatic heterocycles. The Hall–Kier alpha value is -2.36. The maximum absolute atomic E-state index is 13.0. The zero-order valence-electron chi connectivity index (χ0n) is 12.1. The van der Waals surface area contributed by atoms with E-state index in [2.05, 4.69) is 5.32 Å². The molecule has 0 amide bonds. The van der Waals surface area contributed by atoms with Gasteiger partial charge in [0.2, 0.25) is 0 Å². The van der Waals surface area contributed by atoms with Gasteiger partial charge in [0.05, 0.1) is 12.2 Å². The van der Waals surface area contributed by atoms with Crippen molar-refractivity contribution in [1.29, 1.82) is 0 Å². The van der Waals surface area contributed by atoms with Gasteiger partial charge in [-0.2, -0.15) is 0 Å². The molecule has 4 heteroatoms. The van der Waals surface area contributed by atoms with Gasteiger partial charge in [-0.1, -0.05) is 24.3 Å². The minimum absolute atomic E-state index is 0.0545. The fraction of sp³-hybridized carbons (Fsp3) is 0.235. The van der Waals surface area contributed by atoms with E-state index >= 15 is 0 Å². The van der Waals surface area contributed by atoms with E-state index in [0.717, 1.165) is 5.56 Å². The Labute approximate surface area is 123 Å². The van der Waals surface area contributed by atoms with Gasteiger partial charge in [0.25, 0.3) is 0 Å². The Morgan fingerprint density at radius 2 is 1.86 bits per heavy atom. The highest BCUT2D eigenvalue weighted by molar-refractivity contribution is 5.95. The third-order valence-corrected chi connectivity index (χ3v) is 3.16. The molecule has 2 aromatic rings. The van der Waals surface area contributed by atoms with Crippen LogP contribution < -0.4 is 5.32 Å². The Bertz CT molecular complexity index is 610. The molecule has 110 valence electrons. The number of rotatable bonds is 5. The molecule has 1 N–H and O–H groups in total. The zero-order chi connectivity index (χ0) is 15.2. The van der Waals surface area contributed by atoms with Crippen molar-refractivity contribution in [2.75, 3.05) is 11.9 Å². The lowest BCUT2D eigenvalue weighted by Gasteiger charge is -2.18. The van der Waals surface area contributed by atoms with Gasteiger partial charge < -0.3 is 10.1 Å². The van der Waals surface area contributed by atoms with Crippen LogP contribution in [-0.4, -0.2) is 12.6 Å². The second-order valence-electron chi connectivity index (χ2n) is 4.68. The number of anilines is 1. The maximum Gasteiger partial charge on any atom is 0.340 e. The van der Waals surface area contributed by atoms with Crippen LogP contribution in [0.4, 0.5) is 10.1 Å². The van der Waals surface area contributed by atoms with Gasteiger partial charge in [0, 0.05) is 11.7 Å². The van der Waals surface area contributed by atoms with Gasteiger partial charge in [-0.15, -0.1) is 0 Å². The summed E-state index contributed by atoms with van der Waals surface area (Å²) in [5, 5.41) is 3.26. The monoisotopic (exact) mass is 287 g/mol. The summed E-state index contributed by atoms with van der Waals surface area (Å²) >= 11 is 0. The summed E-state index contributed by atoms with van der Waals surface area (Å²) in [7, 11) is 0. The molecule has 21 heavy (non-hydrogen) atoms. The highest BCUT2D eigenvalue weighted by Crippen LogP contribution is 2.23. The normalized spacial score (nSPS) is 11.8. The van der Waals surface area contributed by atoms with E-state index in [-0.39, 0.29) is 17.8 Å².